The van der Waals surface area contributed by atoms with E-state index in [4.69, 9.17) is 9.47 Å². The fourth-order valence-corrected chi connectivity index (χ4v) is 11.8. The van der Waals surface area contributed by atoms with Crippen molar-refractivity contribution < 1.29 is 9.47 Å². The molecule has 0 N–H and O–H groups in total. The lowest BCUT2D eigenvalue weighted by atomic mass is 9.29. The summed E-state index contributed by atoms with van der Waals surface area (Å²) in [6.07, 6.45) is 0. The molecular formula is C40H43B2NO2Si3. The van der Waals surface area contributed by atoms with E-state index in [1.165, 1.54) is 71.0 Å². The van der Waals surface area contributed by atoms with E-state index >= 15 is 0 Å². The Bertz CT molecular complexity index is 2250. The number of rotatable bonds is 3. The third-order valence-corrected chi connectivity index (χ3v) is 17.2. The molecule has 0 atom stereocenters. The maximum atomic E-state index is 7.03. The summed E-state index contributed by atoms with van der Waals surface area (Å²) in [4.78, 5) is 2.62. The molecule has 0 saturated carbocycles. The highest BCUT2D eigenvalue weighted by Gasteiger charge is 2.51. The van der Waals surface area contributed by atoms with Gasteiger partial charge in [0.15, 0.2) is 0 Å². The molecule has 4 aliphatic rings. The minimum atomic E-state index is -1.62. The molecule has 4 heterocycles. The van der Waals surface area contributed by atoms with Gasteiger partial charge in [0, 0.05) is 23.1 Å². The van der Waals surface area contributed by atoms with E-state index in [0.717, 1.165) is 23.0 Å². The van der Waals surface area contributed by atoms with Crippen LogP contribution in [-0.4, -0.2) is 37.6 Å². The molecule has 48 heavy (non-hydrogen) atoms. The highest BCUT2D eigenvalue weighted by Crippen LogP contribution is 2.45. The number of aryl methyl sites for hydroxylation is 1. The van der Waals surface area contributed by atoms with Gasteiger partial charge in [-0.3, -0.25) is 0 Å². The average Bonchev–Trinajstić information content (AvgIpc) is 3.01. The molecule has 5 aromatic carbocycles. The van der Waals surface area contributed by atoms with Crippen LogP contribution in [0.3, 0.4) is 0 Å². The molecule has 9 rings (SSSR count). The van der Waals surface area contributed by atoms with E-state index in [9.17, 15) is 0 Å². The van der Waals surface area contributed by atoms with Gasteiger partial charge in [0.1, 0.15) is 23.0 Å². The average molecular weight is 676 g/mol. The number of anilines is 3. The Kier molecular flexibility index (Phi) is 6.14. The van der Waals surface area contributed by atoms with E-state index in [0.29, 0.717) is 0 Å². The fraction of sp³-hybridized carbons (Fsp3) is 0.250. The monoisotopic (exact) mass is 675 g/mol. The first-order valence-corrected chi connectivity index (χ1v) is 28.0. The van der Waals surface area contributed by atoms with Gasteiger partial charge in [-0.2, -0.15) is 0 Å². The van der Waals surface area contributed by atoms with Crippen molar-refractivity contribution in [3.63, 3.8) is 0 Å². The Balaban J connectivity index is 1.41. The van der Waals surface area contributed by atoms with Crippen molar-refractivity contribution in [2.24, 2.45) is 0 Å². The first-order chi connectivity index (χ1) is 22.6. The largest absolute Gasteiger partial charge is 0.458 e. The van der Waals surface area contributed by atoms with Crippen LogP contribution in [0, 0.1) is 6.92 Å². The number of nitrogens with zero attached hydrogens (tertiary/aromatic N) is 1. The second kappa shape index (κ2) is 9.71. The maximum absolute atomic E-state index is 7.03. The van der Waals surface area contributed by atoms with Crippen molar-refractivity contribution in [1.29, 1.82) is 0 Å². The van der Waals surface area contributed by atoms with E-state index in [2.05, 4.69) is 150 Å². The van der Waals surface area contributed by atoms with Crippen molar-refractivity contribution in [3.05, 3.63) is 84.4 Å². The van der Waals surface area contributed by atoms with E-state index < -0.39 is 24.2 Å². The van der Waals surface area contributed by atoms with Crippen LogP contribution in [0.4, 0.5) is 17.1 Å². The Morgan fingerprint density at radius 2 is 0.875 bits per heavy atom. The molecule has 0 unspecified atom stereocenters. The smallest absolute Gasteiger partial charge is 0.256 e. The Labute approximate surface area is 289 Å². The number of fused-ring (bicyclic) bond motifs is 10. The zero-order valence-electron chi connectivity index (χ0n) is 29.9. The molecule has 0 spiro atoms. The van der Waals surface area contributed by atoms with Gasteiger partial charge in [-0.05, 0) is 69.5 Å². The third-order valence-electron chi connectivity index (χ3n) is 11.1. The molecular weight excluding hydrogens is 632 g/mol. The van der Waals surface area contributed by atoms with E-state index in [1.54, 1.807) is 0 Å². The van der Waals surface area contributed by atoms with E-state index in [-0.39, 0.29) is 13.4 Å². The van der Waals surface area contributed by atoms with E-state index in [1.807, 2.05) is 0 Å². The Morgan fingerprint density at radius 3 is 1.35 bits per heavy atom. The molecule has 0 bridgehead atoms. The lowest BCUT2D eigenvalue weighted by Gasteiger charge is -2.47. The van der Waals surface area contributed by atoms with Gasteiger partial charge in [-0.15, -0.1) is 0 Å². The quantitative estimate of drug-likeness (QED) is 0.247. The zero-order valence-corrected chi connectivity index (χ0v) is 32.9. The van der Waals surface area contributed by atoms with Gasteiger partial charge < -0.3 is 14.4 Å². The predicted molar refractivity (Wildman–Crippen MR) is 217 cm³/mol. The van der Waals surface area contributed by atoms with Gasteiger partial charge in [0.2, 0.25) is 0 Å². The fourth-order valence-electron chi connectivity index (χ4n) is 8.38. The van der Waals surface area contributed by atoms with Gasteiger partial charge >= 0.3 is 0 Å². The summed E-state index contributed by atoms with van der Waals surface area (Å²) < 4.78 is 14.0. The SMILES string of the molecule is Cc1ccc2c(c1)Oc1cc3c4c5c1B2c1ccc([Si](C)(C)C)cc1N5c1cc([Si](C)(C)C)ccc1B4c1ccc([Si](C)(C)C)cc1O3. The molecule has 8 heteroatoms. The van der Waals surface area contributed by atoms with Crippen LogP contribution < -0.4 is 62.7 Å². The molecule has 238 valence electrons. The van der Waals surface area contributed by atoms with Crippen LogP contribution in [0.1, 0.15) is 5.56 Å². The molecule has 0 saturated heterocycles. The molecule has 0 radical (unpaired) electrons. The Morgan fingerprint density at radius 1 is 0.458 bits per heavy atom. The minimum Gasteiger partial charge on any atom is -0.458 e. The van der Waals surface area contributed by atoms with Gasteiger partial charge in [0.25, 0.3) is 13.4 Å². The topological polar surface area (TPSA) is 21.7 Å². The molecule has 5 aromatic rings. The van der Waals surface area contributed by atoms with Crippen molar-refractivity contribution >= 4 is 103 Å². The van der Waals surface area contributed by atoms with Crippen molar-refractivity contribution in [1.82, 2.24) is 0 Å². The van der Waals surface area contributed by atoms with Crippen LogP contribution in [0.15, 0.2) is 78.9 Å². The van der Waals surface area contributed by atoms with Gasteiger partial charge in [-0.1, -0.05) is 123 Å². The molecule has 3 nitrogen and oxygen atoms in total. The third kappa shape index (κ3) is 4.24. The number of ether oxygens (including phenoxy) is 2. The Hall–Kier alpha value is -3.72. The standard InChI is InChI=1S/C40H43B2NO2Si3/c1-24-11-15-30-34(19-24)44-36-23-37-39-40-38(36)41(30)28-16-12-25(46(2,3)4)20-32(28)43(40)33-21-26(47(5,6)7)13-17-29(33)42(39)31-18-14-27(48(8,9)10)22-35(31)45-37/h11-23H,1-10H3. The summed E-state index contributed by atoms with van der Waals surface area (Å²) in [6.45, 7) is 24.3. The van der Waals surface area contributed by atoms with Crippen LogP contribution in [0.25, 0.3) is 0 Å². The second-order valence-corrected chi connectivity index (χ2v) is 32.8. The van der Waals surface area contributed by atoms with Crippen LogP contribution in [-0.2, 0) is 0 Å². The lowest BCUT2D eigenvalue weighted by molar-refractivity contribution is 0.465. The predicted octanol–water partition coefficient (Wildman–Crippen LogP) is 4.97. The maximum Gasteiger partial charge on any atom is 0.256 e. The molecule has 0 aromatic heterocycles. The highest BCUT2D eigenvalue weighted by atomic mass is 28.3. The first kappa shape index (κ1) is 30.3. The summed E-state index contributed by atoms with van der Waals surface area (Å²) in [7, 11) is -4.80. The van der Waals surface area contributed by atoms with Crippen molar-refractivity contribution in [2.75, 3.05) is 4.90 Å². The van der Waals surface area contributed by atoms with Gasteiger partial charge in [0.05, 0.1) is 24.2 Å². The summed E-state index contributed by atoms with van der Waals surface area (Å²) in [5.74, 6) is 3.80. The highest BCUT2D eigenvalue weighted by molar-refractivity contribution is 7.04. The number of benzene rings is 5. The second-order valence-electron chi connectivity index (χ2n) is 17.5. The van der Waals surface area contributed by atoms with Crippen LogP contribution >= 0.6 is 0 Å². The molecule has 0 aliphatic carbocycles. The number of hydrogen-bond donors (Lipinski definition) is 0. The van der Waals surface area contributed by atoms with Gasteiger partial charge in [-0.25, -0.2) is 0 Å². The normalized spacial score (nSPS) is 15.1. The summed E-state index contributed by atoms with van der Waals surface area (Å²) in [5, 5.41) is 4.39. The number of hydrogen-bond acceptors (Lipinski definition) is 3. The molecule has 0 fully saturated rings. The zero-order chi connectivity index (χ0) is 33.7. The summed E-state index contributed by atoms with van der Waals surface area (Å²) in [5.41, 5.74) is 12.9. The van der Waals surface area contributed by atoms with Crippen molar-refractivity contribution in [2.45, 2.75) is 65.8 Å². The molecule has 4 aliphatic heterocycles. The van der Waals surface area contributed by atoms with Crippen LogP contribution in [0.5, 0.6) is 23.0 Å². The van der Waals surface area contributed by atoms with Crippen LogP contribution in [0.2, 0.25) is 58.9 Å². The first-order valence-electron chi connectivity index (χ1n) is 17.5. The molecule has 0 amide bonds. The minimum absolute atomic E-state index is 0.0865. The summed E-state index contributed by atoms with van der Waals surface area (Å²) >= 11 is 0. The van der Waals surface area contributed by atoms with Crippen molar-refractivity contribution in [3.8, 4) is 23.0 Å². The lowest BCUT2D eigenvalue weighted by Crippen LogP contribution is -2.67. The summed E-state index contributed by atoms with van der Waals surface area (Å²) in [6, 6.07) is 30.9.